The maximum Gasteiger partial charge on any atom is 0.305 e. The van der Waals surface area contributed by atoms with Gasteiger partial charge < -0.3 is 20.3 Å². The highest BCUT2D eigenvalue weighted by molar-refractivity contribution is 5.76. The van der Waals surface area contributed by atoms with Gasteiger partial charge in [0.1, 0.15) is 0 Å². The first kappa shape index (κ1) is 69.8. The minimum Gasteiger partial charge on any atom is -0.466 e. The van der Waals surface area contributed by atoms with Gasteiger partial charge >= 0.3 is 5.97 Å². The molecule has 0 heterocycles. The van der Waals surface area contributed by atoms with E-state index in [1.165, 1.54) is 244 Å². The number of aliphatic hydroxyl groups is 2. The van der Waals surface area contributed by atoms with Crippen LogP contribution in [-0.2, 0) is 14.3 Å². The molecule has 3 N–H and O–H groups in total. The van der Waals surface area contributed by atoms with Crippen LogP contribution in [0.5, 0.6) is 0 Å². The molecule has 422 valence electrons. The number of unbranched alkanes of at least 4 members (excludes halogenated alkanes) is 42. The molecule has 6 heteroatoms. The van der Waals surface area contributed by atoms with Crippen LogP contribution in [0.2, 0.25) is 0 Å². The summed E-state index contributed by atoms with van der Waals surface area (Å²) in [6.45, 7) is 4.90. The van der Waals surface area contributed by atoms with Crippen LogP contribution in [0.15, 0.2) is 48.6 Å². The van der Waals surface area contributed by atoms with Crippen LogP contribution in [0.4, 0.5) is 0 Å². The zero-order valence-corrected chi connectivity index (χ0v) is 48.2. The Morgan fingerprint density at radius 3 is 1.07 bits per heavy atom. The number of ether oxygens (including phenoxy) is 1. The van der Waals surface area contributed by atoms with Crippen LogP contribution in [0.1, 0.15) is 335 Å². The van der Waals surface area contributed by atoms with Gasteiger partial charge in [0.25, 0.3) is 0 Å². The Kier molecular flexibility index (Phi) is 59.5. The van der Waals surface area contributed by atoms with Crippen molar-refractivity contribution < 1.29 is 24.5 Å². The molecule has 0 spiro atoms. The molecule has 0 saturated heterocycles. The molecule has 0 aromatic heterocycles. The van der Waals surface area contributed by atoms with Gasteiger partial charge in [-0.3, -0.25) is 9.59 Å². The summed E-state index contributed by atoms with van der Waals surface area (Å²) in [6.07, 6.45) is 78.7. The molecule has 0 aliphatic carbocycles. The lowest BCUT2D eigenvalue weighted by Crippen LogP contribution is -2.45. The summed E-state index contributed by atoms with van der Waals surface area (Å²) in [6, 6.07) is -0.637. The van der Waals surface area contributed by atoms with Gasteiger partial charge in [0.2, 0.25) is 5.91 Å². The number of allylic oxidation sites excluding steroid dienone is 7. The summed E-state index contributed by atoms with van der Waals surface area (Å²) in [7, 11) is 0. The number of nitrogens with one attached hydrogen (secondary N) is 1. The van der Waals surface area contributed by atoms with Crippen molar-refractivity contribution in [3.63, 3.8) is 0 Å². The normalized spacial score (nSPS) is 12.9. The Balaban J connectivity index is 3.48. The maximum atomic E-state index is 12.5. The molecule has 2 unspecified atom stereocenters. The third kappa shape index (κ3) is 57.1. The quantitative estimate of drug-likeness (QED) is 0.0320. The van der Waals surface area contributed by atoms with E-state index in [1.54, 1.807) is 6.08 Å². The highest BCUT2D eigenvalue weighted by atomic mass is 16.5. The number of hydrogen-bond acceptors (Lipinski definition) is 5. The number of carbonyl (C=O) groups excluding carboxylic acids is 2. The van der Waals surface area contributed by atoms with Gasteiger partial charge in [-0.15, -0.1) is 0 Å². The zero-order valence-electron chi connectivity index (χ0n) is 48.2. The Hall–Kier alpha value is -2.18. The van der Waals surface area contributed by atoms with Crippen molar-refractivity contribution in [3.05, 3.63) is 48.6 Å². The lowest BCUT2D eigenvalue weighted by molar-refractivity contribution is -0.143. The highest BCUT2D eigenvalue weighted by Gasteiger charge is 2.18. The van der Waals surface area contributed by atoms with Gasteiger partial charge in [0.15, 0.2) is 0 Å². The Morgan fingerprint density at radius 1 is 0.389 bits per heavy atom. The Morgan fingerprint density at radius 2 is 0.694 bits per heavy atom. The predicted molar refractivity (Wildman–Crippen MR) is 315 cm³/mol. The van der Waals surface area contributed by atoms with Crippen LogP contribution >= 0.6 is 0 Å². The number of aliphatic hydroxyl groups excluding tert-OH is 2. The third-order valence-corrected chi connectivity index (χ3v) is 14.6. The number of rotatable bonds is 59. The fraction of sp³-hybridized carbons (Fsp3) is 0.848. The summed E-state index contributed by atoms with van der Waals surface area (Å²) in [5, 5.41) is 23.2. The van der Waals surface area contributed by atoms with E-state index in [1.807, 2.05) is 6.08 Å². The summed E-state index contributed by atoms with van der Waals surface area (Å²) >= 11 is 0. The first-order valence-corrected chi connectivity index (χ1v) is 31.9. The van der Waals surface area contributed by atoms with E-state index in [0.717, 1.165) is 64.2 Å². The van der Waals surface area contributed by atoms with E-state index < -0.39 is 12.1 Å². The third-order valence-electron chi connectivity index (χ3n) is 14.6. The van der Waals surface area contributed by atoms with Crippen molar-refractivity contribution in [1.82, 2.24) is 5.32 Å². The van der Waals surface area contributed by atoms with E-state index in [-0.39, 0.29) is 18.5 Å². The number of amides is 1. The topological polar surface area (TPSA) is 95.9 Å². The molecule has 72 heavy (non-hydrogen) atoms. The van der Waals surface area contributed by atoms with Crippen LogP contribution in [0.3, 0.4) is 0 Å². The molecule has 2 atom stereocenters. The second kappa shape index (κ2) is 61.4. The molecule has 6 nitrogen and oxygen atoms in total. The van der Waals surface area contributed by atoms with Crippen molar-refractivity contribution in [2.45, 2.75) is 347 Å². The van der Waals surface area contributed by atoms with E-state index in [9.17, 15) is 19.8 Å². The molecule has 1 amide bonds. The summed E-state index contributed by atoms with van der Waals surface area (Å²) in [4.78, 5) is 24.5. The molecular weight excluding hydrogens is 887 g/mol. The first-order chi connectivity index (χ1) is 35.5. The van der Waals surface area contributed by atoms with Crippen molar-refractivity contribution in [2.24, 2.45) is 0 Å². The molecule has 0 aromatic rings. The van der Waals surface area contributed by atoms with Gasteiger partial charge in [-0.1, -0.05) is 281 Å². The molecule has 0 saturated carbocycles. The highest BCUT2D eigenvalue weighted by Crippen LogP contribution is 2.17. The second-order valence-electron chi connectivity index (χ2n) is 21.7. The van der Waals surface area contributed by atoms with Crippen LogP contribution in [0.25, 0.3) is 0 Å². The first-order valence-electron chi connectivity index (χ1n) is 31.9. The fourth-order valence-electron chi connectivity index (χ4n) is 9.66. The molecule has 0 aromatic carbocycles. The maximum absolute atomic E-state index is 12.5. The van der Waals surface area contributed by atoms with Gasteiger partial charge in [-0.05, 0) is 89.9 Å². The van der Waals surface area contributed by atoms with Gasteiger partial charge in [-0.2, -0.15) is 0 Å². The summed E-state index contributed by atoms with van der Waals surface area (Å²) < 4.78 is 5.47. The molecule has 0 radical (unpaired) electrons. The standard InChI is InChI=1S/C66H123NO5/c1-3-5-7-9-11-13-15-17-19-20-28-31-34-38-42-46-50-54-58-64(69)63(62-68)67-65(70)59-55-51-47-43-39-35-32-29-26-24-22-21-23-25-27-30-33-37-41-45-49-53-57-61-72-66(71)60-56-52-48-44-40-36-18-16-14-12-10-8-6-4-2/h16,18,21,23-24,26,54,58,63-64,68-69H,3-15,17,19-20,22,25,27-53,55-57,59-62H2,1-2H3,(H,67,70)/b18-16-,23-21-,26-24-,58-54+. The minimum absolute atomic E-state index is 0.00221. The lowest BCUT2D eigenvalue weighted by Gasteiger charge is -2.20. The van der Waals surface area contributed by atoms with Crippen molar-refractivity contribution in [2.75, 3.05) is 13.2 Å². The van der Waals surface area contributed by atoms with Crippen LogP contribution in [-0.4, -0.2) is 47.4 Å². The zero-order chi connectivity index (χ0) is 52.2. The minimum atomic E-state index is -0.852. The molecule has 0 rings (SSSR count). The summed E-state index contributed by atoms with van der Waals surface area (Å²) in [5.41, 5.74) is 0. The molecule has 0 bridgehead atoms. The van der Waals surface area contributed by atoms with Crippen molar-refractivity contribution in [3.8, 4) is 0 Å². The second-order valence-corrected chi connectivity index (χ2v) is 21.7. The van der Waals surface area contributed by atoms with Crippen molar-refractivity contribution >= 4 is 11.9 Å². The lowest BCUT2D eigenvalue weighted by atomic mass is 10.0. The molecule has 0 aliphatic rings. The number of carbonyl (C=O) groups is 2. The predicted octanol–water partition coefficient (Wildman–Crippen LogP) is 20.1. The average Bonchev–Trinajstić information content (AvgIpc) is 3.38. The molecule has 0 fully saturated rings. The van der Waals surface area contributed by atoms with Crippen molar-refractivity contribution in [1.29, 1.82) is 0 Å². The van der Waals surface area contributed by atoms with E-state index in [2.05, 4.69) is 55.6 Å². The van der Waals surface area contributed by atoms with Gasteiger partial charge in [0, 0.05) is 12.8 Å². The monoisotopic (exact) mass is 1010 g/mol. The van der Waals surface area contributed by atoms with E-state index in [0.29, 0.717) is 19.4 Å². The van der Waals surface area contributed by atoms with Crippen LogP contribution < -0.4 is 5.32 Å². The largest absolute Gasteiger partial charge is 0.466 e. The van der Waals surface area contributed by atoms with Gasteiger partial charge in [-0.25, -0.2) is 0 Å². The number of hydrogen-bond donors (Lipinski definition) is 3. The molecular formula is C66H123NO5. The van der Waals surface area contributed by atoms with Crippen LogP contribution in [0, 0.1) is 0 Å². The fourth-order valence-corrected chi connectivity index (χ4v) is 9.66. The SMILES string of the molecule is CCCCCCC/C=C\CCCCCCCC(=O)OCCCCCCCCCCC/C=C\C/C=C\CCCCCCCCCC(=O)NC(CO)C(O)/C=C/CCCCCCCCCCCCCCCCCC. The Labute approximate surface area is 448 Å². The molecule has 0 aliphatic heterocycles. The Bertz CT molecular complexity index is 1210. The van der Waals surface area contributed by atoms with E-state index in [4.69, 9.17) is 4.74 Å². The smallest absolute Gasteiger partial charge is 0.305 e. The average molecular weight is 1010 g/mol. The summed E-state index contributed by atoms with van der Waals surface area (Å²) in [5.74, 6) is -0.0792. The number of esters is 1. The van der Waals surface area contributed by atoms with E-state index >= 15 is 0 Å². The van der Waals surface area contributed by atoms with Gasteiger partial charge in [0.05, 0.1) is 25.4 Å².